The number of benzene rings is 1. The number of nitrogen functional groups attached to an aromatic ring is 1. The van der Waals surface area contributed by atoms with Gasteiger partial charge in [-0.05, 0) is 18.2 Å². The third-order valence-electron chi connectivity index (χ3n) is 1.65. The largest absolute Gasteiger partial charge is 0.418 e. The summed E-state index contributed by atoms with van der Waals surface area (Å²) in [5.41, 5.74) is 4.70. The average Bonchev–Trinajstić information content (AvgIpc) is 2.06. The highest BCUT2D eigenvalue weighted by molar-refractivity contribution is 6.30. The van der Waals surface area contributed by atoms with Gasteiger partial charge in [0.2, 0.25) is 0 Å². The molecule has 0 saturated carbocycles. The Balaban J connectivity index is 3.12. The molecule has 0 aromatic heterocycles. The third-order valence-corrected chi connectivity index (χ3v) is 1.89. The van der Waals surface area contributed by atoms with Crippen molar-refractivity contribution in [2.24, 2.45) is 0 Å². The lowest BCUT2D eigenvalue weighted by Gasteiger charge is -2.16. The van der Waals surface area contributed by atoms with Crippen LogP contribution in [0.1, 0.15) is 11.7 Å². The predicted molar refractivity (Wildman–Crippen MR) is 46.9 cm³/mol. The number of hydrogen-bond donors (Lipinski definition) is 2. The maximum atomic E-state index is 12.1. The van der Waals surface area contributed by atoms with Gasteiger partial charge in [0.15, 0.2) is 6.10 Å². The summed E-state index contributed by atoms with van der Waals surface area (Å²) in [6, 6.07) is 3.56. The molecule has 1 unspecified atom stereocenters. The van der Waals surface area contributed by atoms with Gasteiger partial charge in [-0.2, -0.15) is 13.2 Å². The first-order valence-corrected chi connectivity index (χ1v) is 4.00. The van der Waals surface area contributed by atoms with Crippen LogP contribution >= 0.6 is 11.6 Å². The van der Waals surface area contributed by atoms with Crippen molar-refractivity contribution in [1.82, 2.24) is 0 Å². The van der Waals surface area contributed by atoms with Crippen LogP contribution < -0.4 is 5.73 Å². The highest BCUT2D eigenvalue weighted by Crippen LogP contribution is 2.36. The van der Waals surface area contributed by atoms with Gasteiger partial charge in [0.1, 0.15) is 0 Å². The van der Waals surface area contributed by atoms with Crippen molar-refractivity contribution in [3.8, 4) is 0 Å². The van der Waals surface area contributed by atoms with Gasteiger partial charge >= 0.3 is 6.18 Å². The molecule has 1 aromatic carbocycles. The molecule has 1 atom stereocenters. The standard InChI is InChI=1S/C8H7ClF3NO/c9-4-1-2-6(13)5(3-4)7(14)8(10,11)12/h1-3,7,14H,13H2. The highest BCUT2D eigenvalue weighted by atomic mass is 35.5. The van der Waals surface area contributed by atoms with Crippen molar-refractivity contribution >= 4 is 17.3 Å². The van der Waals surface area contributed by atoms with E-state index in [9.17, 15) is 13.2 Å². The summed E-state index contributed by atoms with van der Waals surface area (Å²) in [4.78, 5) is 0. The van der Waals surface area contributed by atoms with Crippen molar-refractivity contribution in [3.05, 3.63) is 28.8 Å². The lowest BCUT2D eigenvalue weighted by Crippen LogP contribution is -2.21. The normalized spacial score (nSPS) is 14.1. The molecule has 0 fully saturated rings. The molecule has 0 heterocycles. The predicted octanol–water partition coefficient (Wildman–Crippen LogP) is 2.52. The molecular weight excluding hydrogens is 219 g/mol. The second-order valence-electron chi connectivity index (χ2n) is 2.72. The van der Waals surface area contributed by atoms with Gasteiger partial charge in [-0.3, -0.25) is 0 Å². The van der Waals surface area contributed by atoms with E-state index in [1.165, 1.54) is 12.1 Å². The SMILES string of the molecule is Nc1ccc(Cl)cc1C(O)C(F)(F)F. The molecular formula is C8H7ClF3NO. The zero-order valence-corrected chi connectivity index (χ0v) is 7.60. The van der Waals surface area contributed by atoms with Crippen LogP contribution in [0.2, 0.25) is 5.02 Å². The van der Waals surface area contributed by atoms with Gasteiger partial charge in [0, 0.05) is 16.3 Å². The molecule has 1 rings (SSSR count). The van der Waals surface area contributed by atoms with Crippen molar-refractivity contribution in [3.63, 3.8) is 0 Å². The number of hydrogen-bond acceptors (Lipinski definition) is 2. The Morgan fingerprint density at radius 1 is 1.36 bits per heavy atom. The van der Waals surface area contributed by atoms with Gasteiger partial charge in [0.05, 0.1) is 0 Å². The number of anilines is 1. The first kappa shape index (κ1) is 11.1. The molecule has 0 aliphatic carbocycles. The third kappa shape index (κ3) is 2.30. The van der Waals surface area contributed by atoms with Gasteiger partial charge in [0.25, 0.3) is 0 Å². The number of aliphatic hydroxyl groups is 1. The molecule has 14 heavy (non-hydrogen) atoms. The van der Waals surface area contributed by atoms with Crippen LogP contribution in [0, 0.1) is 0 Å². The minimum absolute atomic E-state index is 0.0949. The summed E-state index contributed by atoms with van der Waals surface area (Å²) in [5.74, 6) is 0. The number of aliphatic hydroxyl groups excluding tert-OH is 1. The Morgan fingerprint density at radius 2 is 1.93 bits per heavy atom. The zero-order chi connectivity index (χ0) is 10.9. The first-order chi connectivity index (χ1) is 6.32. The van der Waals surface area contributed by atoms with Crippen molar-refractivity contribution in [1.29, 1.82) is 0 Å². The number of rotatable bonds is 1. The van der Waals surface area contributed by atoms with Crippen molar-refractivity contribution in [2.75, 3.05) is 5.73 Å². The van der Waals surface area contributed by atoms with Gasteiger partial charge in [-0.25, -0.2) is 0 Å². The van der Waals surface area contributed by atoms with Crippen LogP contribution in [-0.4, -0.2) is 11.3 Å². The van der Waals surface area contributed by atoms with E-state index < -0.39 is 17.8 Å². The Bertz CT molecular complexity index is 340. The molecule has 0 spiro atoms. The van der Waals surface area contributed by atoms with Crippen molar-refractivity contribution in [2.45, 2.75) is 12.3 Å². The van der Waals surface area contributed by atoms with Gasteiger partial charge in [-0.1, -0.05) is 11.6 Å². The summed E-state index contributed by atoms with van der Waals surface area (Å²) >= 11 is 5.48. The average molecular weight is 226 g/mol. The van der Waals surface area contributed by atoms with E-state index in [2.05, 4.69) is 0 Å². The monoisotopic (exact) mass is 225 g/mol. The van der Waals surface area contributed by atoms with Gasteiger partial charge in [-0.15, -0.1) is 0 Å². The Morgan fingerprint density at radius 3 is 2.43 bits per heavy atom. The molecule has 3 N–H and O–H groups in total. The van der Waals surface area contributed by atoms with E-state index in [4.69, 9.17) is 22.4 Å². The van der Waals surface area contributed by atoms with Crippen LogP contribution in [0.15, 0.2) is 18.2 Å². The number of halogens is 4. The fraction of sp³-hybridized carbons (Fsp3) is 0.250. The molecule has 0 saturated heterocycles. The second-order valence-corrected chi connectivity index (χ2v) is 3.15. The fourth-order valence-corrected chi connectivity index (χ4v) is 1.14. The molecule has 0 radical (unpaired) electrons. The quantitative estimate of drug-likeness (QED) is 0.722. The lowest BCUT2D eigenvalue weighted by molar-refractivity contribution is -0.206. The Labute approximate surface area is 83.1 Å². The van der Waals surface area contributed by atoms with E-state index in [-0.39, 0.29) is 10.7 Å². The van der Waals surface area contributed by atoms with E-state index in [0.717, 1.165) is 6.07 Å². The van der Waals surface area contributed by atoms with Crippen LogP contribution in [-0.2, 0) is 0 Å². The molecule has 1 aromatic rings. The lowest BCUT2D eigenvalue weighted by atomic mass is 10.1. The molecule has 6 heteroatoms. The van der Waals surface area contributed by atoms with Gasteiger partial charge < -0.3 is 10.8 Å². The second kappa shape index (κ2) is 3.67. The topological polar surface area (TPSA) is 46.2 Å². The van der Waals surface area contributed by atoms with Crippen LogP contribution in [0.5, 0.6) is 0 Å². The fourth-order valence-electron chi connectivity index (χ4n) is 0.959. The Kier molecular flexibility index (Phi) is 2.92. The molecule has 2 nitrogen and oxygen atoms in total. The minimum atomic E-state index is -4.74. The molecule has 0 bridgehead atoms. The van der Waals surface area contributed by atoms with E-state index >= 15 is 0 Å². The maximum absolute atomic E-state index is 12.1. The minimum Gasteiger partial charge on any atom is -0.398 e. The molecule has 0 aliphatic rings. The van der Waals surface area contributed by atoms with E-state index in [1.54, 1.807) is 0 Å². The maximum Gasteiger partial charge on any atom is 0.418 e. The van der Waals surface area contributed by atoms with Crippen LogP contribution in [0.25, 0.3) is 0 Å². The van der Waals surface area contributed by atoms with Crippen LogP contribution in [0.4, 0.5) is 18.9 Å². The summed E-state index contributed by atoms with van der Waals surface area (Å²) in [6.07, 6.45) is -7.33. The first-order valence-electron chi connectivity index (χ1n) is 3.62. The molecule has 0 aliphatic heterocycles. The smallest absolute Gasteiger partial charge is 0.398 e. The van der Waals surface area contributed by atoms with E-state index in [1.807, 2.05) is 0 Å². The summed E-state index contributed by atoms with van der Waals surface area (Å²) in [5, 5.41) is 8.99. The molecule has 0 amide bonds. The van der Waals surface area contributed by atoms with E-state index in [0.29, 0.717) is 0 Å². The zero-order valence-electron chi connectivity index (χ0n) is 6.85. The van der Waals surface area contributed by atoms with Crippen LogP contribution in [0.3, 0.4) is 0 Å². The molecule has 78 valence electrons. The van der Waals surface area contributed by atoms with Crippen molar-refractivity contribution < 1.29 is 18.3 Å². The number of nitrogens with two attached hydrogens (primary N) is 1. The number of alkyl halides is 3. The summed E-state index contributed by atoms with van der Waals surface area (Å²) in [6.45, 7) is 0. The Hall–Kier alpha value is -0.940. The summed E-state index contributed by atoms with van der Waals surface area (Å²) < 4.78 is 36.3. The summed E-state index contributed by atoms with van der Waals surface area (Å²) in [7, 11) is 0. The highest BCUT2D eigenvalue weighted by Gasteiger charge is 2.40.